The molecule has 0 saturated carbocycles. The second-order valence-corrected chi connectivity index (χ2v) is 5.88. The Kier molecular flexibility index (Phi) is 4.88. The Bertz CT molecular complexity index is 885. The van der Waals surface area contributed by atoms with Crippen LogP contribution in [-0.4, -0.2) is 30.8 Å². The van der Waals surface area contributed by atoms with Gasteiger partial charge in [0.05, 0.1) is 17.8 Å². The predicted molar refractivity (Wildman–Crippen MR) is 94.5 cm³/mol. The molecule has 0 amide bonds. The van der Waals surface area contributed by atoms with E-state index in [2.05, 4.69) is 22.0 Å². The molecular weight excluding hydrogens is 316 g/mol. The number of aryl methyl sites for hydroxylation is 2. The number of carbonyl (C=O) groups is 1. The lowest BCUT2D eigenvalue weighted by atomic mass is 10.0. The molecular formula is C19H20N4O2. The van der Waals surface area contributed by atoms with Crippen LogP contribution in [-0.2, 0) is 13.0 Å². The van der Waals surface area contributed by atoms with Gasteiger partial charge in [-0.05, 0) is 31.0 Å². The molecule has 6 nitrogen and oxygen atoms in total. The number of carboxylic acid groups (broad SMARTS) is 1. The second kappa shape index (κ2) is 7.25. The molecule has 0 radical (unpaired) electrons. The van der Waals surface area contributed by atoms with E-state index in [9.17, 15) is 9.90 Å². The number of aromatic carboxylic acids is 1. The first-order valence-corrected chi connectivity index (χ1v) is 8.26. The molecule has 0 aliphatic carbocycles. The highest BCUT2D eigenvalue weighted by atomic mass is 16.4. The van der Waals surface area contributed by atoms with Crippen LogP contribution in [0, 0.1) is 6.92 Å². The molecule has 0 bridgehead atoms. The third-order valence-corrected chi connectivity index (χ3v) is 3.93. The molecule has 6 heteroatoms. The van der Waals surface area contributed by atoms with E-state index in [1.54, 1.807) is 18.3 Å². The Morgan fingerprint density at radius 2 is 1.96 bits per heavy atom. The molecule has 1 aromatic carbocycles. The van der Waals surface area contributed by atoms with E-state index in [0.717, 1.165) is 35.6 Å². The van der Waals surface area contributed by atoms with Crippen molar-refractivity contribution < 1.29 is 9.90 Å². The first-order chi connectivity index (χ1) is 12.1. The smallest absolute Gasteiger partial charge is 0.337 e. The highest BCUT2D eigenvalue weighted by Crippen LogP contribution is 2.22. The Labute approximate surface area is 146 Å². The van der Waals surface area contributed by atoms with Crippen molar-refractivity contribution in [1.29, 1.82) is 0 Å². The zero-order chi connectivity index (χ0) is 17.8. The van der Waals surface area contributed by atoms with Crippen LogP contribution < -0.4 is 0 Å². The van der Waals surface area contributed by atoms with Crippen LogP contribution in [0.1, 0.15) is 40.9 Å². The van der Waals surface area contributed by atoms with Gasteiger partial charge in [-0.1, -0.05) is 31.2 Å². The fraction of sp³-hybridized carbons (Fsp3) is 0.263. The molecule has 2 heterocycles. The summed E-state index contributed by atoms with van der Waals surface area (Å²) in [6.45, 7) is 4.66. The van der Waals surface area contributed by atoms with Gasteiger partial charge in [0.1, 0.15) is 11.6 Å². The quantitative estimate of drug-likeness (QED) is 0.746. The lowest BCUT2D eigenvalue weighted by molar-refractivity contribution is 0.0697. The van der Waals surface area contributed by atoms with Crippen molar-refractivity contribution in [3.8, 4) is 11.3 Å². The van der Waals surface area contributed by atoms with Crippen molar-refractivity contribution in [1.82, 2.24) is 19.7 Å². The summed E-state index contributed by atoms with van der Waals surface area (Å²) in [4.78, 5) is 20.0. The minimum atomic E-state index is -0.977. The number of hydrogen-bond acceptors (Lipinski definition) is 4. The highest BCUT2D eigenvalue weighted by Gasteiger charge is 2.13. The fourth-order valence-corrected chi connectivity index (χ4v) is 2.78. The molecule has 3 rings (SSSR count). The summed E-state index contributed by atoms with van der Waals surface area (Å²) in [6, 6.07) is 10.9. The number of hydrogen-bond donors (Lipinski definition) is 1. The van der Waals surface area contributed by atoms with E-state index in [4.69, 9.17) is 0 Å². The second-order valence-electron chi connectivity index (χ2n) is 5.88. The molecule has 0 atom stereocenters. The largest absolute Gasteiger partial charge is 0.478 e. The molecule has 0 saturated heterocycles. The molecule has 0 aliphatic rings. The van der Waals surface area contributed by atoms with Crippen molar-refractivity contribution in [2.75, 3.05) is 0 Å². The lowest BCUT2D eigenvalue weighted by Gasteiger charge is -2.08. The van der Waals surface area contributed by atoms with E-state index in [1.807, 2.05) is 35.9 Å². The van der Waals surface area contributed by atoms with Gasteiger partial charge in [-0.15, -0.1) is 0 Å². The summed E-state index contributed by atoms with van der Waals surface area (Å²) in [5, 5.41) is 13.8. The first kappa shape index (κ1) is 16.8. The molecule has 0 aliphatic heterocycles. The Balaban J connectivity index is 1.85. The van der Waals surface area contributed by atoms with E-state index >= 15 is 0 Å². The number of aromatic nitrogens is 4. The molecule has 25 heavy (non-hydrogen) atoms. The van der Waals surface area contributed by atoms with Gasteiger partial charge in [-0.25, -0.2) is 14.5 Å². The van der Waals surface area contributed by atoms with Crippen LogP contribution in [0.4, 0.5) is 0 Å². The van der Waals surface area contributed by atoms with Crippen LogP contribution in [0.3, 0.4) is 0 Å². The lowest BCUT2D eigenvalue weighted by Crippen LogP contribution is -2.07. The number of rotatable bonds is 6. The number of nitrogens with zero attached hydrogens (tertiary/aromatic N) is 4. The molecule has 0 unspecified atom stereocenters. The first-order valence-electron chi connectivity index (χ1n) is 8.26. The average molecular weight is 336 g/mol. The minimum Gasteiger partial charge on any atom is -0.478 e. The topological polar surface area (TPSA) is 80.9 Å². The van der Waals surface area contributed by atoms with Crippen molar-refractivity contribution in [3.05, 3.63) is 65.4 Å². The van der Waals surface area contributed by atoms with Gasteiger partial charge in [-0.3, -0.25) is 4.98 Å². The van der Waals surface area contributed by atoms with Crippen LogP contribution in [0.5, 0.6) is 0 Å². The zero-order valence-electron chi connectivity index (χ0n) is 14.3. The summed E-state index contributed by atoms with van der Waals surface area (Å²) < 4.78 is 1.93. The Hall–Kier alpha value is -3.02. The Morgan fingerprint density at radius 1 is 1.20 bits per heavy atom. The normalized spacial score (nSPS) is 10.8. The van der Waals surface area contributed by atoms with E-state index in [-0.39, 0.29) is 5.56 Å². The molecule has 1 N–H and O–H groups in total. The fourth-order valence-electron chi connectivity index (χ4n) is 2.78. The van der Waals surface area contributed by atoms with Gasteiger partial charge >= 0.3 is 5.97 Å². The Morgan fingerprint density at radius 3 is 2.64 bits per heavy atom. The van der Waals surface area contributed by atoms with Gasteiger partial charge < -0.3 is 5.11 Å². The summed E-state index contributed by atoms with van der Waals surface area (Å²) in [5.74, 6) is 0.788. The predicted octanol–water partition coefficient (Wildman–Crippen LogP) is 3.35. The number of pyridine rings is 1. The molecule has 128 valence electrons. The maximum Gasteiger partial charge on any atom is 0.337 e. The maximum atomic E-state index is 11.3. The van der Waals surface area contributed by atoms with E-state index < -0.39 is 5.97 Å². The number of benzene rings is 1. The van der Waals surface area contributed by atoms with Gasteiger partial charge in [0.2, 0.25) is 0 Å². The third-order valence-electron chi connectivity index (χ3n) is 3.93. The van der Waals surface area contributed by atoms with Crippen LogP contribution in [0.25, 0.3) is 11.3 Å². The van der Waals surface area contributed by atoms with Crippen LogP contribution >= 0.6 is 0 Å². The minimum absolute atomic E-state index is 0.201. The monoisotopic (exact) mass is 336 g/mol. The van der Waals surface area contributed by atoms with Gasteiger partial charge in [0.25, 0.3) is 0 Å². The van der Waals surface area contributed by atoms with Crippen LogP contribution in [0.15, 0.2) is 42.6 Å². The summed E-state index contributed by atoms with van der Waals surface area (Å²) in [6.07, 6.45) is 3.52. The zero-order valence-corrected chi connectivity index (χ0v) is 14.3. The molecule has 2 aromatic heterocycles. The SMILES string of the molecule is CCCc1nc(C)nn1Cc1ccc(-c2ncccc2C(=O)O)cc1. The number of carboxylic acids is 1. The van der Waals surface area contributed by atoms with Crippen molar-refractivity contribution in [2.24, 2.45) is 0 Å². The standard InChI is InChI=1S/C19H20N4O2/c1-3-5-17-21-13(2)22-23(17)12-14-7-9-15(10-8-14)18-16(19(24)25)6-4-11-20-18/h4,6-11H,3,5,12H2,1-2H3,(H,24,25). The summed E-state index contributed by atoms with van der Waals surface area (Å²) in [5.41, 5.74) is 2.54. The maximum absolute atomic E-state index is 11.3. The third kappa shape index (κ3) is 3.74. The molecule has 0 spiro atoms. The van der Waals surface area contributed by atoms with E-state index in [0.29, 0.717) is 12.2 Å². The molecule has 0 fully saturated rings. The van der Waals surface area contributed by atoms with Gasteiger partial charge in [-0.2, -0.15) is 5.10 Å². The summed E-state index contributed by atoms with van der Waals surface area (Å²) >= 11 is 0. The van der Waals surface area contributed by atoms with Crippen molar-refractivity contribution in [3.63, 3.8) is 0 Å². The average Bonchev–Trinajstić information content (AvgIpc) is 2.95. The van der Waals surface area contributed by atoms with Crippen LogP contribution in [0.2, 0.25) is 0 Å². The van der Waals surface area contributed by atoms with Crippen molar-refractivity contribution in [2.45, 2.75) is 33.2 Å². The van der Waals surface area contributed by atoms with Gasteiger partial charge in [0.15, 0.2) is 0 Å². The van der Waals surface area contributed by atoms with Crippen molar-refractivity contribution >= 4 is 5.97 Å². The van der Waals surface area contributed by atoms with Gasteiger partial charge in [0, 0.05) is 18.2 Å². The summed E-state index contributed by atoms with van der Waals surface area (Å²) in [7, 11) is 0. The highest BCUT2D eigenvalue weighted by molar-refractivity contribution is 5.94. The van der Waals surface area contributed by atoms with E-state index in [1.165, 1.54) is 0 Å². The molecule has 3 aromatic rings.